The fraction of sp³-hybridized carbons (Fsp3) is 0.133. The zero-order chi connectivity index (χ0) is 14.4. The number of benzene rings is 2. The van der Waals surface area contributed by atoms with Crippen molar-refractivity contribution in [3.63, 3.8) is 0 Å². The first kappa shape index (κ1) is 13.7. The molecule has 20 heavy (non-hydrogen) atoms. The van der Waals surface area contributed by atoms with E-state index in [1.54, 1.807) is 48.5 Å². The Labute approximate surface area is 117 Å². The van der Waals surface area contributed by atoms with Crippen LogP contribution in [0.15, 0.2) is 48.5 Å². The molecule has 0 spiro atoms. The topological polar surface area (TPSA) is 76.4 Å². The Morgan fingerprint density at radius 3 is 2.45 bits per heavy atom. The first-order valence-corrected chi connectivity index (χ1v) is 6.34. The lowest BCUT2D eigenvalue weighted by atomic mass is 10.3. The van der Waals surface area contributed by atoms with Crippen LogP contribution in [-0.4, -0.2) is 12.6 Å². The fourth-order valence-electron chi connectivity index (χ4n) is 1.71. The molecule has 5 nitrogen and oxygen atoms in total. The van der Waals surface area contributed by atoms with E-state index < -0.39 is 0 Å². The molecule has 0 saturated heterocycles. The van der Waals surface area contributed by atoms with Gasteiger partial charge in [-0.05, 0) is 49.4 Å². The molecule has 2 aromatic carbocycles. The van der Waals surface area contributed by atoms with Crippen molar-refractivity contribution in [2.45, 2.75) is 6.92 Å². The van der Waals surface area contributed by atoms with E-state index in [0.717, 1.165) is 5.75 Å². The Morgan fingerprint density at radius 2 is 1.80 bits per heavy atom. The van der Waals surface area contributed by atoms with Crippen LogP contribution in [0, 0.1) is 0 Å². The summed E-state index contributed by atoms with van der Waals surface area (Å²) in [4.78, 5) is 11.8. The van der Waals surface area contributed by atoms with E-state index in [4.69, 9.17) is 10.5 Å². The zero-order valence-corrected chi connectivity index (χ0v) is 11.2. The molecule has 0 bridgehead atoms. The minimum absolute atomic E-state index is 0.320. The monoisotopic (exact) mass is 271 g/mol. The molecular formula is C15H17N3O2. The lowest BCUT2D eigenvalue weighted by molar-refractivity contribution is 0.262. The predicted molar refractivity (Wildman–Crippen MR) is 81.1 cm³/mol. The quantitative estimate of drug-likeness (QED) is 0.747. The molecule has 2 rings (SSSR count). The van der Waals surface area contributed by atoms with E-state index in [0.29, 0.717) is 23.7 Å². The molecule has 0 radical (unpaired) electrons. The second-order valence-electron chi connectivity index (χ2n) is 4.16. The van der Waals surface area contributed by atoms with E-state index >= 15 is 0 Å². The summed E-state index contributed by atoms with van der Waals surface area (Å²) in [5.74, 6) is 0.772. The molecule has 0 aliphatic heterocycles. The number of amides is 2. The number of anilines is 3. The van der Waals surface area contributed by atoms with Gasteiger partial charge in [-0.2, -0.15) is 0 Å². The molecule has 0 fully saturated rings. The maximum Gasteiger partial charge on any atom is 0.323 e. The first-order chi connectivity index (χ1) is 9.67. The van der Waals surface area contributed by atoms with Gasteiger partial charge in [-0.1, -0.05) is 6.07 Å². The zero-order valence-electron chi connectivity index (χ0n) is 11.2. The number of ether oxygens (including phenoxy) is 1. The van der Waals surface area contributed by atoms with Gasteiger partial charge in [0.1, 0.15) is 5.75 Å². The number of carbonyl (C=O) groups excluding carboxylic acids is 1. The van der Waals surface area contributed by atoms with Crippen LogP contribution in [0.1, 0.15) is 6.92 Å². The van der Waals surface area contributed by atoms with E-state index in [2.05, 4.69) is 10.6 Å². The summed E-state index contributed by atoms with van der Waals surface area (Å²) < 4.78 is 5.33. The molecule has 0 saturated carbocycles. The summed E-state index contributed by atoms with van der Waals surface area (Å²) in [5.41, 5.74) is 7.58. The van der Waals surface area contributed by atoms with Crippen molar-refractivity contribution < 1.29 is 9.53 Å². The lowest BCUT2D eigenvalue weighted by Crippen LogP contribution is -2.19. The molecule has 5 heteroatoms. The highest BCUT2D eigenvalue weighted by Gasteiger charge is 2.03. The first-order valence-electron chi connectivity index (χ1n) is 6.34. The van der Waals surface area contributed by atoms with Crippen LogP contribution >= 0.6 is 0 Å². The number of hydrogen-bond acceptors (Lipinski definition) is 3. The minimum Gasteiger partial charge on any atom is -0.494 e. The summed E-state index contributed by atoms with van der Waals surface area (Å²) in [7, 11) is 0. The Kier molecular flexibility index (Phi) is 4.44. The molecule has 0 aliphatic carbocycles. The van der Waals surface area contributed by atoms with Gasteiger partial charge in [-0.3, -0.25) is 0 Å². The maximum atomic E-state index is 11.8. The number of hydrogen-bond donors (Lipinski definition) is 3. The molecule has 2 aromatic rings. The van der Waals surface area contributed by atoms with Gasteiger partial charge >= 0.3 is 6.03 Å². The van der Waals surface area contributed by atoms with E-state index in [9.17, 15) is 4.79 Å². The highest BCUT2D eigenvalue weighted by atomic mass is 16.5. The highest BCUT2D eigenvalue weighted by molar-refractivity contribution is 5.99. The number of nitrogens with one attached hydrogen (secondary N) is 2. The molecule has 0 atom stereocenters. The van der Waals surface area contributed by atoms with Crippen molar-refractivity contribution in [1.29, 1.82) is 0 Å². The molecule has 2 amide bonds. The van der Waals surface area contributed by atoms with Gasteiger partial charge in [0, 0.05) is 17.1 Å². The fourth-order valence-corrected chi connectivity index (χ4v) is 1.71. The summed E-state index contributed by atoms with van der Waals surface area (Å²) in [5, 5.41) is 5.44. The third-order valence-corrected chi connectivity index (χ3v) is 2.57. The Hall–Kier alpha value is -2.69. The van der Waals surface area contributed by atoms with Gasteiger partial charge in [0.2, 0.25) is 0 Å². The Bertz CT molecular complexity index is 582. The summed E-state index contributed by atoms with van der Waals surface area (Å²) in [6.45, 7) is 2.54. The average molecular weight is 271 g/mol. The Balaban J connectivity index is 1.94. The minimum atomic E-state index is -0.320. The average Bonchev–Trinajstić information content (AvgIpc) is 2.41. The van der Waals surface area contributed by atoms with Crippen LogP contribution in [-0.2, 0) is 0 Å². The van der Waals surface area contributed by atoms with Crippen molar-refractivity contribution >= 4 is 23.1 Å². The molecule has 4 N–H and O–H groups in total. The number of rotatable bonds is 4. The van der Waals surface area contributed by atoms with Crippen molar-refractivity contribution in [2.24, 2.45) is 0 Å². The third-order valence-electron chi connectivity index (χ3n) is 2.57. The standard InChI is InChI=1S/C15H17N3O2/c1-2-20-14-8-6-12(7-9-14)17-15(19)18-13-5-3-4-11(16)10-13/h3-10H,2,16H2,1H3,(H2,17,18,19). The van der Waals surface area contributed by atoms with Crippen LogP contribution in [0.5, 0.6) is 5.75 Å². The number of urea groups is 1. The van der Waals surface area contributed by atoms with Crippen LogP contribution in [0.4, 0.5) is 21.9 Å². The van der Waals surface area contributed by atoms with Gasteiger partial charge in [-0.25, -0.2) is 4.79 Å². The van der Waals surface area contributed by atoms with Crippen LogP contribution in [0.2, 0.25) is 0 Å². The van der Waals surface area contributed by atoms with E-state index in [-0.39, 0.29) is 6.03 Å². The van der Waals surface area contributed by atoms with Gasteiger partial charge in [0.15, 0.2) is 0 Å². The normalized spacial score (nSPS) is 9.85. The smallest absolute Gasteiger partial charge is 0.323 e. The van der Waals surface area contributed by atoms with Crippen molar-refractivity contribution in [1.82, 2.24) is 0 Å². The lowest BCUT2D eigenvalue weighted by Gasteiger charge is -2.09. The summed E-state index contributed by atoms with van der Waals surface area (Å²) in [6.07, 6.45) is 0. The van der Waals surface area contributed by atoms with Crippen LogP contribution < -0.4 is 21.1 Å². The number of carbonyl (C=O) groups is 1. The van der Waals surface area contributed by atoms with Crippen LogP contribution in [0.25, 0.3) is 0 Å². The SMILES string of the molecule is CCOc1ccc(NC(=O)Nc2cccc(N)c2)cc1. The third kappa shape index (κ3) is 3.91. The predicted octanol–water partition coefficient (Wildman–Crippen LogP) is 3.31. The summed E-state index contributed by atoms with van der Waals surface area (Å²) in [6, 6.07) is 13.9. The molecule has 0 unspecified atom stereocenters. The molecule has 104 valence electrons. The molecule has 0 aliphatic rings. The Morgan fingerprint density at radius 1 is 1.10 bits per heavy atom. The molecule has 0 aromatic heterocycles. The highest BCUT2D eigenvalue weighted by Crippen LogP contribution is 2.16. The van der Waals surface area contributed by atoms with Crippen molar-refractivity contribution in [3.05, 3.63) is 48.5 Å². The largest absolute Gasteiger partial charge is 0.494 e. The second-order valence-corrected chi connectivity index (χ2v) is 4.16. The van der Waals surface area contributed by atoms with Gasteiger partial charge in [0.25, 0.3) is 0 Å². The maximum absolute atomic E-state index is 11.8. The number of nitrogen functional groups attached to an aromatic ring is 1. The van der Waals surface area contributed by atoms with E-state index in [1.165, 1.54) is 0 Å². The van der Waals surface area contributed by atoms with Gasteiger partial charge in [0.05, 0.1) is 6.61 Å². The molecule has 0 heterocycles. The van der Waals surface area contributed by atoms with Crippen LogP contribution in [0.3, 0.4) is 0 Å². The van der Waals surface area contributed by atoms with E-state index in [1.807, 2.05) is 6.92 Å². The second kappa shape index (κ2) is 6.47. The van der Waals surface area contributed by atoms with Crippen molar-refractivity contribution in [3.8, 4) is 5.75 Å². The molecular weight excluding hydrogens is 254 g/mol. The van der Waals surface area contributed by atoms with Crippen molar-refractivity contribution in [2.75, 3.05) is 23.0 Å². The van der Waals surface area contributed by atoms with Gasteiger partial charge < -0.3 is 21.1 Å². The summed E-state index contributed by atoms with van der Waals surface area (Å²) >= 11 is 0. The number of nitrogens with two attached hydrogens (primary N) is 1. The van der Waals surface area contributed by atoms with Gasteiger partial charge in [-0.15, -0.1) is 0 Å².